The number of amides is 2. The SMILES string of the molecule is C[C@H](CC(=O)NNC(=O)COc1ccccc1Cl)c1ccccc1. The van der Waals surface area contributed by atoms with Crippen LogP contribution in [0.3, 0.4) is 0 Å². The second kappa shape index (κ2) is 8.93. The Morgan fingerprint density at radius 2 is 1.62 bits per heavy atom. The molecular weight excluding hydrogens is 328 g/mol. The number of hydrogen-bond donors (Lipinski definition) is 2. The standard InChI is InChI=1S/C18H19ClN2O3/c1-13(14-7-3-2-4-8-14)11-17(22)20-21-18(23)12-24-16-10-6-5-9-15(16)19/h2-10,13H,11-12H2,1H3,(H,20,22)(H,21,23)/t13-/m1/s1. The molecule has 0 heterocycles. The van der Waals surface area contributed by atoms with Gasteiger partial charge in [0.25, 0.3) is 5.91 Å². The molecule has 2 aromatic rings. The maximum absolute atomic E-state index is 11.9. The van der Waals surface area contributed by atoms with E-state index in [1.165, 1.54) is 0 Å². The van der Waals surface area contributed by atoms with Crippen molar-refractivity contribution in [2.24, 2.45) is 0 Å². The van der Waals surface area contributed by atoms with E-state index in [1.54, 1.807) is 24.3 Å². The molecule has 0 aliphatic rings. The topological polar surface area (TPSA) is 67.4 Å². The summed E-state index contributed by atoms with van der Waals surface area (Å²) in [4.78, 5) is 23.6. The smallest absolute Gasteiger partial charge is 0.276 e. The lowest BCUT2D eigenvalue weighted by molar-refractivity contribution is -0.130. The minimum Gasteiger partial charge on any atom is -0.482 e. The number of para-hydroxylation sites is 1. The Labute approximate surface area is 145 Å². The van der Waals surface area contributed by atoms with Gasteiger partial charge in [-0.1, -0.05) is 61.0 Å². The molecule has 2 amide bonds. The van der Waals surface area contributed by atoms with Crippen LogP contribution in [0.2, 0.25) is 5.02 Å². The molecule has 0 saturated heterocycles. The summed E-state index contributed by atoms with van der Waals surface area (Å²) in [6.45, 7) is 1.72. The van der Waals surface area contributed by atoms with Gasteiger partial charge >= 0.3 is 0 Å². The minimum atomic E-state index is -0.462. The molecule has 6 heteroatoms. The van der Waals surface area contributed by atoms with Gasteiger partial charge in [-0.25, -0.2) is 0 Å². The molecule has 2 rings (SSSR count). The van der Waals surface area contributed by atoms with E-state index in [0.717, 1.165) is 5.56 Å². The van der Waals surface area contributed by atoms with E-state index in [-0.39, 0.29) is 24.9 Å². The molecule has 0 fully saturated rings. The van der Waals surface area contributed by atoms with Crippen molar-refractivity contribution in [2.45, 2.75) is 19.3 Å². The quantitative estimate of drug-likeness (QED) is 0.790. The van der Waals surface area contributed by atoms with Crippen molar-refractivity contribution < 1.29 is 14.3 Å². The van der Waals surface area contributed by atoms with Gasteiger partial charge in [0.05, 0.1) is 5.02 Å². The molecule has 0 bridgehead atoms. The zero-order chi connectivity index (χ0) is 17.4. The van der Waals surface area contributed by atoms with E-state index in [4.69, 9.17) is 16.3 Å². The van der Waals surface area contributed by atoms with Gasteiger partial charge in [0.1, 0.15) is 5.75 Å². The predicted octanol–water partition coefficient (Wildman–Crippen LogP) is 3.06. The minimum absolute atomic E-state index is 0.0578. The summed E-state index contributed by atoms with van der Waals surface area (Å²) in [7, 11) is 0. The van der Waals surface area contributed by atoms with Crippen molar-refractivity contribution in [1.82, 2.24) is 10.9 Å². The first kappa shape index (κ1) is 17.8. The second-order valence-corrected chi connectivity index (χ2v) is 5.74. The van der Waals surface area contributed by atoms with Crippen molar-refractivity contribution in [3.8, 4) is 5.75 Å². The average molecular weight is 347 g/mol. The van der Waals surface area contributed by atoms with Crippen LogP contribution in [0.25, 0.3) is 0 Å². The zero-order valence-corrected chi connectivity index (χ0v) is 14.0. The number of rotatable bonds is 6. The number of nitrogens with one attached hydrogen (secondary N) is 2. The first-order valence-electron chi connectivity index (χ1n) is 7.56. The van der Waals surface area contributed by atoms with Crippen LogP contribution in [0.1, 0.15) is 24.8 Å². The van der Waals surface area contributed by atoms with Crippen molar-refractivity contribution in [1.29, 1.82) is 0 Å². The molecule has 126 valence electrons. The fraction of sp³-hybridized carbons (Fsp3) is 0.222. The zero-order valence-electron chi connectivity index (χ0n) is 13.3. The largest absolute Gasteiger partial charge is 0.482 e. The van der Waals surface area contributed by atoms with Crippen LogP contribution in [0.15, 0.2) is 54.6 Å². The Balaban J connectivity index is 1.71. The van der Waals surface area contributed by atoms with Crippen LogP contribution < -0.4 is 15.6 Å². The molecule has 0 aliphatic carbocycles. The van der Waals surface area contributed by atoms with Gasteiger partial charge in [0.2, 0.25) is 5.91 Å². The van der Waals surface area contributed by atoms with E-state index in [0.29, 0.717) is 10.8 Å². The number of benzene rings is 2. The van der Waals surface area contributed by atoms with E-state index in [1.807, 2.05) is 37.3 Å². The number of carbonyl (C=O) groups excluding carboxylic acids is 2. The van der Waals surface area contributed by atoms with Crippen LogP contribution in [0.5, 0.6) is 5.75 Å². The van der Waals surface area contributed by atoms with Crippen LogP contribution >= 0.6 is 11.6 Å². The fourth-order valence-corrected chi connectivity index (χ4v) is 2.30. The van der Waals surface area contributed by atoms with Gasteiger partial charge in [-0.3, -0.25) is 20.4 Å². The maximum Gasteiger partial charge on any atom is 0.276 e. The molecular formula is C18H19ClN2O3. The molecule has 0 spiro atoms. The highest BCUT2D eigenvalue weighted by molar-refractivity contribution is 6.32. The highest BCUT2D eigenvalue weighted by Crippen LogP contribution is 2.22. The third-order valence-electron chi connectivity index (χ3n) is 3.40. The van der Waals surface area contributed by atoms with Gasteiger partial charge in [-0.15, -0.1) is 0 Å². The lowest BCUT2D eigenvalue weighted by Crippen LogP contribution is -2.44. The summed E-state index contributed by atoms with van der Waals surface area (Å²) in [6, 6.07) is 16.6. The molecule has 1 atom stereocenters. The molecule has 5 nitrogen and oxygen atoms in total. The van der Waals surface area contributed by atoms with Crippen LogP contribution in [-0.4, -0.2) is 18.4 Å². The molecule has 2 N–H and O–H groups in total. The summed E-state index contributed by atoms with van der Waals surface area (Å²) < 4.78 is 5.29. The summed E-state index contributed by atoms with van der Waals surface area (Å²) in [6.07, 6.45) is 0.273. The normalized spacial score (nSPS) is 11.4. The Morgan fingerprint density at radius 3 is 2.33 bits per heavy atom. The maximum atomic E-state index is 11.9. The average Bonchev–Trinajstić information content (AvgIpc) is 2.60. The van der Waals surface area contributed by atoms with Crippen LogP contribution in [-0.2, 0) is 9.59 Å². The Hall–Kier alpha value is -2.53. The Bertz CT molecular complexity index is 692. The van der Waals surface area contributed by atoms with Gasteiger partial charge < -0.3 is 4.74 Å². The predicted molar refractivity (Wildman–Crippen MR) is 92.7 cm³/mol. The van der Waals surface area contributed by atoms with Crippen LogP contribution in [0.4, 0.5) is 0 Å². The van der Waals surface area contributed by atoms with Gasteiger partial charge in [0.15, 0.2) is 6.61 Å². The number of hydrazine groups is 1. The van der Waals surface area contributed by atoms with E-state index >= 15 is 0 Å². The summed E-state index contributed by atoms with van der Waals surface area (Å²) >= 11 is 5.92. The first-order valence-corrected chi connectivity index (χ1v) is 7.94. The summed E-state index contributed by atoms with van der Waals surface area (Å²) in [5.74, 6) is -0.256. The molecule has 24 heavy (non-hydrogen) atoms. The Morgan fingerprint density at radius 1 is 1.00 bits per heavy atom. The van der Waals surface area contributed by atoms with E-state index in [9.17, 15) is 9.59 Å². The molecule has 2 aromatic carbocycles. The lowest BCUT2D eigenvalue weighted by Gasteiger charge is -2.13. The molecule has 0 unspecified atom stereocenters. The highest BCUT2D eigenvalue weighted by Gasteiger charge is 2.12. The lowest BCUT2D eigenvalue weighted by atomic mass is 9.98. The van der Waals surface area contributed by atoms with Crippen LogP contribution in [0, 0.1) is 0 Å². The van der Waals surface area contributed by atoms with Crippen molar-refractivity contribution in [3.63, 3.8) is 0 Å². The molecule has 0 radical (unpaired) electrons. The second-order valence-electron chi connectivity index (χ2n) is 5.33. The van der Waals surface area contributed by atoms with Gasteiger partial charge in [0, 0.05) is 6.42 Å². The van der Waals surface area contributed by atoms with E-state index in [2.05, 4.69) is 10.9 Å². The number of halogens is 1. The van der Waals surface area contributed by atoms with Crippen molar-refractivity contribution in [3.05, 3.63) is 65.2 Å². The Kier molecular flexibility index (Phi) is 6.63. The third kappa shape index (κ3) is 5.59. The monoisotopic (exact) mass is 346 g/mol. The summed E-state index contributed by atoms with van der Waals surface area (Å²) in [5.41, 5.74) is 5.78. The highest BCUT2D eigenvalue weighted by atomic mass is 35.5. The number of carbonyl (C=O) groups is 2. The van der Waals surface area contributed by atoms with Crippen molar-refractivity contribution in [2.75, 3.05) is 6.61 Å². The van der Waals surface area contributed by atoms with Gasteiger partial charge in [-0.2, -0.15) is 0 Å². The van der Waals surface area contributed by atoms with E-state index < -0.39 is 5.91 Å². The van der Waals surface area contributed by atoms with Gasteiger partial charge in [-0.05, 0) is 23.6 Å². The van der Waals surface area contributed by atoms with Crippen molar-refractivity contribution >= 4 is 23.4 Å². The third-order valence-corrected chi connectivity index (χ3v) is 3.71. The molecule has 0 saturated carbocycles. The summed E-state index contributed by atoms with van der Waals surface area (Å²) in [5, 5.41) is 0.422. The molecule has 0 aromatic heterocycles. The first-order chi connectivity index (χ1) is 11.6. The fourth-order valence-electron chi connectivity index (χ4n) is 2.11. The molecule has 0 aliphatic heterocycles. The number of hydrogen-bond acceptors (Lipinski definition) is 3. The number of ether oxygens (including phenoxy) is 1.